The molecule has 0 fully saturated rings. The SMILES string of the molecule is CN=C(NCc1nc(C(C)C)cs1)NCC(C)CSc1ccccc1OC.I. The molecule has 1 aromatic heterocycles. The summed E-state index contributed by atoms with van der Waals surface area (Å²) in [6.45, 7) is 8.12. The molecule has 2 rings (SSSR count). The van der Waals surface area contributed by atoms with E-state index >= 15 is 0 Å². The number of rotatable bonds is 9. The molecule has 1 heterocycles. The first kappa shape index (κ1) is 25.0. The van der Waals surface area contributed by atoms with E-state index in [0.717, 1.165) is 34.7 Å². The Morgan fingerprint density at radius 1 is 1.25 bits per heavy atom. The lowest BCUT2D eigenvalue weighted by Gasteiger charge is -2.16. The Balaban J connectivity index is 0.00000392. The molecule has 2 aromatic rings. The van der Waals surface area contributed by atoms with E-state index in [2.05, 4.69) is 52.8 Å². The van der Waals surface area contributed by atoms with Gasteiger partial charge in [0.1, 0.15) is 10.8 Å². The second-order valence-electron chi connectivity index (χ2n) is 6.69. The molecule has 0 bridgehead atoms. The summed E-state index contributed by atoms with van der Waals surface area (Å²) < 4.78 is 5.41. The summed E-state index contributed by atoms with van der Waals surface area (Å²) in [6.07, 6.45) is 0. The molecule has 0 aliphatic rings. The van der Waals surface area contributed by atoms with Crippen LogP contribution in [0.25, 0.3) is 0 Å². The molecule has 0 saturated carbocycles. The van der Waals surface area contributed by atoms with Crippen molar-refractivity contribution in [3.8, 4) is 5.75 Å². The fourth-order valence-corrected chi connectivity index (χ4v) is 4.30. The maximum atomic E-state index is 5.41. The predicted octanol–water partition coefficient (Wildman–Crippen LogP) is 4.99. The molecular formula is C20H31IN4OS2. The summed E-state index contributed by atoms with van der Waals surface area (Å²) in [5.74, 6) is 3.71. The number of hydrogen-bond acceptors (Lipinski definition) is 5. The average Bonchev–Trinajstić information content (AvgIpc) is 3.16. The number of ether oxygens (including phenoxy) is 1. The van der Waals surface area contributed by atoms with Crippen LogP contribution in [0.2, 0.25) is 0 Å². The third kappa shape index (κ3) is 8.16. The first-order chi connectivity index (χ1) is 13.0. The number of nitrogens with one attached hydrogen (secondary N) is 2. The molecule has 0 saturated heterocycles. The largest absolute Gasteiger partial charge is 0.496 e. The lowest BCUT2D eigenvalue weighted by Crippen LogP contribution is -2.39. The zero-order valence-electron chi connectivity index (χ0n) is 17.2. The fraction of sp³-hybridized carbons (Fsp3) is 0.500. The molecular weight excluding hydrogens is 503 g/mol. The maximum Gasteiger partial charge on any atom is 0.191 e. The highest BCUT2D eigenvalue weighted by Crippen LogP contribution is 2.29. The molecule has 2 N–H and O–H groups in total. The highest BCUT2D eigenvalue weighted by Gasteiger charge is 2.09. The van der Waals surface area contributed by atoms with Crippen LogP contribution in [-0.2, 0) is 6.54 Å². The van der Waals surface area contributed by atoms with Gasteiger partial charge >= 0.3 is 0 Å². The number of aromatic nitrogens is 1. The van der Waals surface area contributed by atoms with E-state index in [1.165, 1.54) is 4.90 Å². The lowest BCUT2D eigenvalue weighted by molar-refractivity contribution is 0.405. The number of halogens is 1. The number of nitrogens with zero attached hydrogens (tertiary/aromatic N) is 2. The molecule has 0 amide bonds. The van der Waals surface area contributed by atoms with Crippen LogP contribution in [0, 0.1) is 5.92 Å². The smallest absolute Gasteiger partial charge is 0.191 e. The molecule has 156 valence electrons. The molecule has 0 spiro atoms. The molecule has 0 aliphatic heterocycles. The Bertz CT molecular complexity index is 737. The average molecular weight is 535 g/mol. The van der Waals surface area contributed by atoms with Gasteiger partial charge in [-0.15, -0.1) is 47.1 Å². The van der Waals surface area contributed by atoms with Gasteiger partial charge in [-0.25, -0.2) is 4.98 Å². The van der Waals surface area contributed by atoms with Gasteiger partial charge in [0.25, 0.3) is 0 Å². The summed E-state index contributed by atoms with van der Waals surface area (Å²) in [4.78, 5) is 10.1. The second-order valence-corrected chi connectivity index (χ2v) is 8.70. The number of hydrogen-bond donors (Lipinski definition) is 2. The van der Waals surface area contributed by atoms with Crippen molar-refractivity contribution in [1.82, 2.24) is 15.6 Å². The van der Waals surface area contributed by atoms with Crippen LogP contribution in [0.1, 0.15) is 37.4 Å². The van der Waals surface area contributed by atoms with Gasteiger partial charge in [0.05, 0.1) is 19.3 Å². The van der Waals surface area contributed by atoms with E-state index in [0.29, 0.717) is 18.4 Å². The number of methoxy groups -OCH3 is 1. The van der Waals surface area contributed by atoms with Crippen LogP contribution in [0.5, 0.6) is 5.75 Å². The third-order valence-electron chi connectivity index (χ3n) is 4.00. The van der Waals surface area contributed by atoms with Gasteiger partial charge < -0.3 is 15.4 Å². The summed E-state index contributed by atoms with van der Waals surface area (Å²) in [6, 6.07) is 8.14. The van der Waals surface area contributed by atoms with E-state index in [4.69, 9.17) is 4.74 Å². The molecule has 1 unspecified atom stereocenters. The minimum absolute atomic E-state index is 0. The van der Waals surface area contributed by atoms with Crippen molar-refractivity contribution in [2.45, 2.75) is 38.1 Å². The van der Waals surface area contributed by atoms with Crippen molar-refractivity contribution >= 4 is 53.0 Å². The van der Waals surface area contributed by atoms with E-state index in [1.54, 1.807) is 25.5 Å². The van der Waals surface area contributed by atoms with Gasteiger partial charge in [-0.1, -0.05) is 32.9 Å². The van der Waals surface area contributed by atoms with Gasteiger partial charge in [-0.05, 0) is 24.0 Å². The zero-order chi connectivity index (χ0) is 19.6. The van der Waals surface area contributed by atoms with Gasteiger partial charge in [-0.2, -0.15) is 0 Å². The van der Waals surface area contributed by atoms with E-state index in [-0.39, 0.29) is 24.0 Å². The quantitative estimate of drug-likeness (QED) is 0.206. The van der Waals surface area contributed by atoms with Crippen molar-refractivity contribution in [2.75, 3.05) is 26.5 Å². The normalized spacial score (nSPS) is 12.4. The first-order valence-electron chi connectivity index (χ1n) is 9.18. The van der Waals surface area contributed by atoms with Crippen molar-refractivity contribution in [2.24, 2.45) is 10.9 Å². The number of thiazole rings is 1. The van der Waals surface area contributed by atoms with Crippen LogP contribution in [-0.4, -0.2) is 37.4 Å². The zero-order valence-corrected chi connectivity index (χ0v) is 21.2. The van der Waals surface area contributed by atoms with E-state index < -0.39 is 0 Å². The van der Waals surface area contributed by atoms with Crippen LogP contribution in [0.3, 0.4) is 0 Å². The van der Waals surface area contributed by atoms with Gasteiger partial charge in [-0.3, -0.25) is 4.99 Å². The van der Waals surface area contributed by atoms with Crippen LogP contribution < -0.4 is 15.4 Å². The fourth-order valence-electron chi connectivity index (χ4n) is 2.35. The van der Waals surface area contributed by atoms with Crippen LogP contribution >= 0.6 is 47.1 Å². The topological polar surface area (TPSA) is 58.5 Å². The van der Waals surface area contributed by atoms with Crippen molar-refractivity contribution in [3.05, 3.63) is 40.3 Å². The summed E-state index contributed by atoms with van der Waals surface area (Å²) in [7, 11) is 3.51. The lowest BCUT2D eigenvalue weighted by atomic mass is 10.2. The molecule has 8 heteroatoms. The number of guanidine groups is 1. The third-order valence-corrected chi connectivity index (χ3v) is 6.25. The highest BCUT2D eigenvalue weighted by molar-refractivity contribution is 14.0. The Morgan fingerprint density at radius 3 is 2.64 bits per heavy atom. The molecule has 1 aromatic carbocycles. The predicted molar refractivity (Wildman–Crippen MR) is 133 cm³/mol. The molecule has 5 nitrogen and oxygen atoms in total. The van der Waals surface area contributed by atoms with Crippen molar-refractivity contribution < 1.29 is 4.74 Å². The van der Waals surface area contributed by atoms with Crippen LogP contribution in [0.15, 0.2) is 39.5 Å². The number of para-hydroxylation sites is 1. The minimum atomic E-state index is 0. The van der Waals surface area contributed by atoms with Crippen molar-refractivity contribution in [3.63, 3.8) is 0 Å². The number of benzene rings is 1. The first-order valence-corrected chi connectivity index (χ1v) is 11.0. The van der Waals surface area contributed by atoms with E-state index in [1.807, 2.05) is 30.0 Å². The van der Waals surface area contributed by atoms with Gasteiger partial charge in [0.2, 0.25) is 0 Å². The summed E-state index contributed by atoms with van der Waals surface area (Å²) >= 11 is 3.51. The molecule has 28 heavy (non-hydrogen) atoms. The molecule has 1 atom stereocenters. The number of aliphatic imine (C=N–C) groups is 1. The van der Waals surface area contributed by atoms with Crippen LogP contribution in [0.4, 0.5) is 0 Å². The number of thioether (sulfide) groups is 1. The standard InChI is InChI=1S/C20H30N4OS2.HI/c1-14(2)16-13-27-19(24-16)11-23-20(21-4)22-10-15(3)12-26-18-9-7-6-8-17(18)25-5;/h6-9,13-15H,10-12H2,1-5H3,(H2,21,22,23);1H. The molecule has 0 radical (unpaired) electrons. The minimum Gasteiger partial charge on any atom is -0.496 e. The maximum absolute atomic E-state index is 5.41. The summed E-state index contributed by atoms with van der Waals surface area (Å²) in [5, 5.41) is 9.97. The Hall–Kier alpha value is -1.000. The van der Waals surface area contributed by atoms with Crippen molar-refractivity contribution in [1.29, 1.82) is 0 Å². The summed E-state index contributed by atoms with van der Waals surface area (Å²) in [5.41, 5.74) is 1.15. The Kier molecular flexibility index (Phi) is 11.9. The monoisotopic (exact) mass is 534 g/mol. The Labute approximate surface area is 194 Å². The second kappa shape index (κ2) is 13.3. The van der Waals surface area contributed by atoms with E-state index in [9.17, 15) is 0 Å². The molecule has 0 aliphatic carbocycles. The highest BCUT2D eigenvalue weighted by atomic mass is 127. The Morgan fingerprint density at radius 2 is 2.00 bits per heavy atom. The van der Waals surface area contributed by atoms with Gasteiger partial charge in [0.15, 0.2) is 5.96 Å². The van der Waals surface area contributed by atoms with Gasteiger partial charge in [0, 0.05) is 29.6 Å².